The van der Waals surface area contributed by atoms with Gasteiger partial charge in [0, 0.05) is 17.0 Å². The summed E-state index contributed by atoms with van der Waals surface area (Å²) in [6.07, 6.45) is 5.48. The maximum atomic E-state index is 12.0. The Labute approximate surface area is 150 Å². The number of phenolic OH excluding ortho intramolecular Hbond substituents is 1. The van der Waals surface area contributed by atoms with Gasteiger partial charge in [0.05, 0.1) is 18.8 Å². The number of rotatable bonds is 5. The fourth-order valence-corrected chi connectivity index (χ4v) is 3.28. The number of aromatic hydroxyl groups is 1. The number of nitrogens with one attached hydrogen (secondary N) is 1. The van der Waals surface area contributed by atoms with Crippen LogP contribution in [0.3, 0.4) is 0 Å². The van der Waals surface area contributed by atoms with Gasteiger partial charge < -0.3 is 19.6 Å². The lowest BCUT2D eigenvalue weighted by Crippen LogP contribution is -2.50. The van der Waals surface area contributed by atoms with Crippen molar-refractivity contribution in [1.82, 2.24) is 5.32 Å². The second-order valence-electron chi connectivity index (χ2n) is 6.58. The maximum Gasteiger partial charge on any atom is 0.310 e. The molecule has 7 heteroatoms. The summed E-state index contributed by atoms with van der Waals surface area (Å²) in [5.41, 5.74) is 0.245. The Hall–Kier alpha value is -3.01. The van der Waals surface area contributed by atoms with Gasteiger partial charge in [-0.25, -0.2) is 0 Å². The van der Waals surface area contributed by atoms with Crippen molar-refractivity contribution in [2.24, 2.45) is 0 Å². The number of nitriles is 1. The largest absolute Gasteiger partial charge is 0.508 e. The van der Waals surface area contributed by atoms with Crippen LogP contribution in [0.1, 0.15) is 37.7 Å². The van der Waals surface area contributed by atoms with Crippen LogP contribution in [0.15, 0.2) is 28.9 Å². The Morgan fingerprint density at radius 1 is 1.31 bits per heavy atom. The topological polar surface area (TPSA) is 113 Å². The molecule has 2 aromatic rings. The van der Waals surface area contributed by atoms with Crippen LogP contribution >= 0.6 is 0 Å². The molecule has 3 rings (SSSR count). The summed E-state index contributed by atoms with van der Waals surface area (Å²) >= 11 is 0. The molecule has 1 aliphatic rings. The first kappa shape index (κ1) is 17.8. The number of benzene rings is 1. The van der Waals surface area contributed by atoms with Gasteiger partial charge in [0.2, 0.25) is 0 Å². The fraction of sp³-hybridized carbons (Fsp3) is 0.421. The summed E-state index contributed by atoms with van der Waals surface area (Å²) in [6.45, 7) is -0.418. The molecule has 0 radical (unpaired) electrons. The molecule has 26 heavy (non-hydrogen) atoms. The predicted octanol–water partition coefficient (Wildman–Crippen LogP) is 2.57. The summed E-state index contributed by atoms with van der Waals surface area (Å²) < 4.78 is 10.3. The third-order valence-electron chi connectivity index (χ3n) is 4.64. The zero-order chi connectivity index (χ0) is 18.6. The van der Waals surface area contributed by atoms with Crippen LogP contribution in [0.4, 0.5) is 0 Å². The molecule has 0 spiro atoms. The van der Waals surface area contributed by atoms with Crippen molar-refractivity contribution in [3.8, 4) is 11.8 Å². The molecule has 1 saturated carbocycles. The minimum absolute atomic E-state index is 0.0472. The Morgan fingerprint density at radius 3 is 2.81 bits per heavy atom. The Balaban J connectivity index is 1.53. The Morgan fingerprint density at radius 2 is 2.08 bits per heavy atom. The predicted molar refractivity (Wildman–Crippen MR) is 92.1 cm³/mol. The molecule has 0 unspecified atom stereocenters. The van der Waals surface area contributed by atoms with Gasteiger partial charge in [0.1, 0.15) is 16.9 Å². The minimum atomic E-state index is -0.843. The number of furan rings is 1. The second-order valence-corrected chi connectivity index (χ2v) is 6.58. The number of amides is 1. The molecular formula is C19H20N2O5. The lowest BCUT2D eigenvalue weighted by molar-refractivity contribution is -0.148. The first-order chi connectivity index (χ1) is 12.5. The zero-order valence-electron chi connectivity index (χ0n) is 14.3. The summed E-state index contributed by atoms with van der Waals surface area (Å²) in [5, 5.41) is 22.2. The van der Waals surface area contributed by atoms with Gasteiger partial charge in [-0.05, 0) is 25.0 Å². The molecule has 1 aromatic carbocycles. The summed E-state index contributed by atoms with van der Waals surface area (Å²) in [5.74, 6) is -0.957. The monoisotopic (exact) mass is 356 g/mol. The first-order valence-corrected chi connectivity index (χ1v) is 8.58. The number of ether oxygens (including phenoxy) is 1. The highest BCUT2D eigenvalue weighted by Gasteiger charge is 2.33. The quantitative estimate of drug-likeness (QED) is 0.796. The molecule has 1 amide bonds. The number of fused-ring (bicyclic) bond motifs is 1. The van der Waals surface area contributed by atoms with Crippen molar-refractivity contribution in [2.45, 2.75) is 44.1 Å². The average molecular weight is 356 g/mol. The van der Waals surface area contributed by atoms with Gasteiger partial charge in [-0.1, -0.05) is 19.3 Å². The van der Waals surface area contributed by atoms with Crippen molar-refractivity contribution in [3.05, 3.63) is 30.0 Å². The normalized spacial score (nSPS) is 16.0. The van der Waals surface area contributed by atoms with Crippen molar-refractivity contribution < 1.29 is 23.8 Å². The van der Waals surface area contributed by atoms with Crippen LogP contribution in [0, 0.1) is 11.3 Å². The highest BCUT2D eigenvalue weighted by Crippen LogP contribution is 2.27. The van der Waals surface area contributed by atoms with E-state index in [1.807, 2.05) is 0 Å². The average Bonchev–Trinajstić information content (AvgIpc) is 3.02. The number of phenols is 1. The number of carbonyl (C=O) groups excluding carboxylic acids is 2. The molecule has 1 aliphatic carbocycles. The summed E-state index contributed by atoms with van der Waals surface area (Å²) in [7, 11) is 0. The van der Waals surface area contributed by atoms with Crippen molar-refractivity contribution >= 4 is 22.8 Å². The van der Waals surface area contributed by atoms with Crippen LogP contribution < -0.4 is 5.32 Å². The van der Waals surface area contributed by atoms with Crippen molar-refractivity contribution in [2.75, 3.05) is 6.61 Å². The number of hydrogen-bond acceptors (Lipinski definition) is 6. The SMILES string of the molecule is N#CC1(NC(=O)COC(=O)Cc2coc3cc(O)ccc23)CCCCC1. The van der Waals surface area contributed by atoms with Crippen LogP contribution in [-0.4, -0.2) is 29.1 Å². The fourth-order valence-electron chi connectivity index (χ4n) is 3.28. The highest BCUT2D eigenvalue weighted by molar-refractivity contribution is 5.87. The van der Waals surface area contributed by atoms with E-state index in [0.717, 1.165) is 19.3 Å². The van der Waals surface area contributed by atoms with Crippen LogP contribution in [0.25, 0.3) is 11.0 Å². The molecule has 1 heterocycles. The molecule has 1 fully saturated rings. The van der Waals surface area contributed by atoms with E-state index in [1.54, 1.807) is 6.07 Å². The second kappa shape index (κ2) is 7.48. The van der Waals surface area contributed by atoms with E-state index in [2.05, 4.69) is 11.4 Å². The number of hydrogen-bond donors (Lipinski definition) is 2. The van der Waals surface area contributed by atoms with E-state index >= 15 is 0 Å². The van der Waals surface area contributed by atoms with Crippen LogP contribution in [0.5, 0.6) is 5.75 Å². The molecule has 1 aromatic heterocycles. The Bertz CT molecular complexity index is 858. The molecule has 0 atom stereocenters. The molecule has 0 bridgehead atoms. The van der Waals surface area contributed by atoms with Gasteiger partial charge in [-0.15, -0.1) is 0 Å². The van der Waals surface area contributed by atoms with E-state index in [9.17, 15) is 20.0 Å². The zero-order valence-corrected chi connectivity index (χ0v) is 14.3. The van der Waals surface area contributed by atoms with Gasteiger partial charge in [-0.3, -0.25) is 9.59 Å². The minimum Gasteiger partial charge on any atom is -0.508 e. The lowest BCUT2D eigenvalue weighted by atomic mass is 9.83. The van der Waals surface area contributed by atoms with E-state index in [0.29, 0.717) is 29.4 Å². The van der Waals surface area contributed by atoms with E-state index in [1.165, 1.54) is 18.4 Å². The molecule has 0 saturated heterocycles. The third kappa shape index (κ3) is 3.97. The molecule has 7 nitrogen and oxygen atoms in total. The van der Waals surface area contributed by atoms with Crippen molar-refractivity contribution in [1.29, 1.82) is 5.26 Å². The maximum absolute atomic E-state index is 12.0. The summed E-state index contributed by atoms with van der Waals surface area (Å²) in [6, 6.07) is 6.81. The van der Waals surface area contributed by atoms with E-state index < -0.39 is 24.0 Å². The summed E-state index contributed by atoms with van der Waals surface area (Å²) in [4.78, 5) is 24.1. The van der Waals surface area contributed by atoms with Gasteiger partial charge in [0.15, 0.2) is 6.61 Å². The lowest BCUT2D eigenvalue weighted by Gasteiger charge is -2.31. The third-order valence-corrected chi connectivity index (χ3v) is 4.64. The smallest absolute Gasteiger partial charge is 0.310 e. The standard InChI is InChI=1S/C19H20N2O5/c20-12-19(6-2-1-3-7-19)21-17(23)11-26-18(24)8-13-10-25-16-9-14(22)4-5-15(13)16/h4-5,9-10,22H,1-3,6-8,11H2,(H,21,23). The number of nitrogens with zero attached hydrogens (tertiary/aromatic N) is 1. The first-order valence-electron chi connectivity index (χ1n) is 8.58. The van der Waals surface area contributed by atoms with Gasteiger partial charge in [-0.2, -0.15) is 5.26 Å². The van der Waals surface area contributed by atoms with E-state index in [4.69, 9.17) is 9.15 Å². The molecule has 0 aliphatic heterocycles. The van der Waals surface area contributed by atoms with Crippen LogP contribution in [-0.2, 0) is 20.7 Å². The van der Waals surface area contributed by atoms with Crippen molar-refractivity contribution in [3.63, 3.8) is 0 Å². The number of carbonyl (C=O) groups is 2. The molecular weight excluding hydrogens is 336 g/mol. The van der Waals surface area contributed by atoms with Gasteiger partial charge >= 0.3 is 5.97 Å². The van der Waals surface area contributed by atoms with E-state index in [-0.39, 0.29) is 12.2 Å². The molecule has 136 valence electrons. The number of esters is 1. The molecule has 2 N–H and O–H groups in total. The highest BCUT2D eigenvalue weighted by atomic mass is 16.5. The van der Waals surface area contributed by atoms with Gasteiger partial charge in [0.25, 0.3) is 5.91 Å². The Kier molecular flexibility index (Phi) is 5.12. The van der Waals surface area contributed by atoms with Crippen LogP contribution in [0.2, 0.25) is 0 Å².